The van der Waals surface area contributed by atoms with Crippen molar-refractivity contribution in [2.24, 2.45) is 10.2 Å². The quantitative estimate of drug-likeness (QED) is 0.367. The van der Waals surface area contributed by atoms with Crippen LogP contribution in [0.5, 0.6) is 0 Å². The largest absolute Gasteiger partial charge is 0.382 e. The second-order valence-corrected chi connectivity index (χ2v) is 8.22. The van der Waals surface area contributed by atoms with E-state index in [-0.39, 0.29) is 0 Å². The van der Waals surface area contributed by atoms with Crippen LogP contribution in [0.3, 0.4) is 0 Å². The number of azo groups is 1. The third kappa shape index (κ3) is 3.38. The second kappa shape index (κ2) is 7.68. The predicted octanol–water partition coefficient (Wildman–Crippen LogP) is 7.61. The molecule has 28 heavy (non-hydrogen) atoms. The molecule has 4 aromatic rings. The Kier molecular flexibility index (Phi) is 4.75. The molecule has 0 unspecified atom stereocenters. The Balaban J connectivity index is 1.50. The maximum atomic E-state index is 4.58. The summed E-state index contributed by atoms with van der Waals surface area (Å²) in [5.74, 6) is 0. The summed E-state index contributed by atoms with van der Waals surface area (Å²) in [4.78, 5) is 4.43. The van der Waals surface area contributed by atoms with Crippen molar-refractivity contribution in [2.45, 2.75) is 38.1 Å². The summed E-state index contributed by atoms with van der Waals surface area (Å²) in [5.41, 5.74) is 5.66. The Morgan fingerprint density at radius 1 is 0.821 bits per heavy atom. The monoisotopic (exact) mass is 386 g/mol. The normalized spacial score (nSPS) is 15.6. The summed E-state index contributed by atoms with van der Waals surface area (Å²) in [5, 5.41) is 15.2. The molecule has 1 aliphatic rings. The van der Waals surface area contributed by atoms with Crippen molar-refractivity contribution in [2.75, 3.05) is 5.32 Å². The standard InChI is InChI=1S/C23H22N4S/c1-2-7-16(8-3-1)25-19-13-14-20(18-10-5-4-9-17(18)19)26-27-21-11-6-12-22-23(21)24-15-28-22/h4-6,9-16,25H,1-3,7-8H2. The van der Waals surface area contributed by atoms with Crippen LogP contribution in [0.1, 0.15) is 32.1 Å². The Morgan fingerprint density at radius 2 is 1.64 bits per heavy atom. The highest BCUT2D eigenvalue weighted by Crippen LogP contribution is 2.35. The zero-order valence-corrected chi connectivity index (χ0v) is 16.5. The Bertz CT molecular complexity index is 1140. The smallest absolute Gasteiger partial charge is 0.113 e. The maximum absolute atomic E-state index is 4.58. The number of hydrogen-bond donors (Lipinski definition) is 1. The van der Waals surface area contributed by atoms with E-state index >= 15 is 0 Å². The maximum Gasteiger partial charge on any atom is 0.113 e. The van der Waals surface area contributed by atoms with Gasteiger partial charge >= 0.3 is 0 Å². The Morgan fingerprint density at radius 3 is 2.54 bits per heavy atom. The molecule has 1 heterocycles. The van der Waals surface area contributed by atoms with Crippen molar-refractivity contribution in [3.8, 4) is 0 Å². The van der Waals surface area contributed by atoms with Crippen molar-refractivity contribution < 1.29 is 0 Å². The van der Waals surface area contributed by atoms with Gasteiger partial charge in [-0.15, -0.1) is 21.6 Å². The molecule has 1 fully saturated rings. The number of rotatable bonds is 4. The van der Waals surface area contributed by atoms with Crippen LogP contribution in [0, 0.1) is 0 Å². The molecule has 0 atom stereocenters. The first-order chi connectivity index (χ1) is 13.9. The summed E-state index contributed by atoms with van der Waals surface area (Å²) in [6, 6.07) is 19.3. The zero-order valence-electron chi connectivity index (χ0n) is 15.6. The lowest BCUT2D eigenvalue weighted by atomic mass is 9.95. The summed E-state index contributed by atoms with van der Waals surface area (Å²) in [6.45, 7) is 0. The third-order valence-corrected chi connectivity index (χ3v) is 6.26. The highest BCUT2D eigenvalue weighted by Gasteiger charge is 2.14. The lowest BCUT2D eigenvalue weighted by Crippen LogP contribution is -2.22. The van der Waals surface area contributed by atoms with Crippen molar-refractivity contribution >= 4 is 49.4 Å². The molecule has 4 nitrogen and oxygen atoms in total. The molecular weight excluding hydrogens is 364 g/mol. The number of benzene rings is 3. The molecule has 1 aliphatic carbocycles. The molecule has 0 bridgehead atoms. The van der Waals surface area contributed by atoms with Gasteiger partial charge in [0, 0.05) is 22.5 Å². The van der Waals surface area contributed by atoms with Gasteiger partial charge in [0.2, 0.25) is 0 Å². The zero-order chi connectivity index (χ0) is 18.8. The lowest BCUT2D eigenvalue weighted by molar-refractivity contribution is 0.463. The van der Waals surface area contributed by atoms with Crippen LogP contribution in [-0.2, 0) is 0 Å². The average Bonchev–Trinajstić information content (AvgIpc) is 3.23. The topological polar surface area (TPSA) is 49.6 Å². The average molecular weight is 387 g/mol. The summed E-state index contributed by atoms with van der Waals surface area (Å²) in [6.07, 6.45) is 6.53. The molecule has 5 rings (SSSR count). The van der Waals surface area contributed by atoms with Crippen molar-refractivity contribution in [1.82, 2.24) is 4.98 Å². The van der Waals surface area contributed by atoms with Crippen molar-refractivity contribution in [3.63, 3.8) is 0 Å². The number of nitrogens with one attached hydrogen (secondary N) is 1. The van der Waals surface area contributed by atoms with E-state index in [2.05, 4.69) is 63.0 Å². The number of para-hydroxylation sites is 1. The molecule has 0 aliphatic heterocycles. The van der Waals surface area contributed by atoms with Crippen molar-refractivity contribution in [3.05, 3.63) is 60.1 Å². The van der Waals surface area contributed by atoms with E-state index in [9.17, 15) is 0 Å². The van der Waals surface area contributed by atoms with Gasteiger partial charge in [-0.3, -0.25) is 0 Å². The third-order valence-electron chi connectivity index (χ3n) is 5.47. The highest BCUT2D eigenvalue weighted by molar-refractivity contribution is 7.16. The van der Waals surface area contributed by atoms with Crippen LogP contribution >= 0.6 is 11.3 Å². The van der Waals surface area contributed by atoms with Gasteiger partial charge in [0.1, 0.15) is 11.2 Å². The predicted molar refractivity (Wildman–Crippen MR) is 118 cm³/mol. The molecule has 140 valence electrons. The van der Waals surface area contributed by atoms with Gasteiger partial charge in [0.05, 0.1) is 15.9 Å². The van der Waals surface area contributed by atoms with Gasteiger partial charge in [0.15, 0.2) is 0 Å². The molecule has 0 spiro atoms. The number of anilines is 1. The summed E-state index contributed by atoms with van der Waals surface area (Å²) in [7, 11) is 0. The summed E-state index contributed by atoms with van der Waals surface area (Å²) >= 11 is 1.62. The minimum atomic E-state index is 0.576. The van der Waals surface area contributed by atoms with Crippen LogP contribution in [0.2, 0.25) is 0 Å². The van der Waals surface area contributed by atoms with Crippen LogP contribution in [0.4, 0.5) is 17.1 Å². The van der Waals surface area contributed by atoms with E-state index in [1.807, 2.05) is 17.6 Å². The SMILES string of the molecule is c1cc(N=Nc2ccc(NC3CCCCC3)c3ccccc23)c2ncsc2c1. The fourth-order valence-corrected chi connectivity index (χ4v) is 4.72. The second-order valence-electron chi connectivity index (χ2n) is 7.33. The molecule has 5 heteroatoms. The van der Waals surface area contributed by atoms with Gasteiger partial charge < -0.3 is 5.32 Å². The minimum absolute atomic E-state index is 0.576. The first-order valence-electron chi connectivity index (χ1n) is 9.91. The number of thiazole rings is 1. The minimum Gasteiger partial charge on any atom is -0.382 e. The van der Waals surface area contributed by atoms with Crippen LogP contribution < -0.4 is 5.32 Å². The van der Waals surface area contributed by atoms with E-state index < -0.39 is 0 Å². The van der Waals surface area contributed by atoms with E-state index in [0.717, 1.165) is 27.0 Å². The number of nitrogens with zero attached hydrogens (tertiary/aromatic N) is 3. The van der Waals surface area contributed by atoms with Gasteiger partial charge in [-0.05, 0) is 37.1 Å². The van der Waals surface area contributed by atoms with Gasteiger partial charge in [-0.25, -0.2) is 4.98 Å². The van der Waals surface area contributed by atoms with E-state index in [0.29, 0.717) is 6.04 Å². The van der Waals surface area contributed by atoms with Gasteiger partial charge in [0.25, 0.3) is 0 Å². The Labute approximate surface area is 168 Å². The molecule has 1 saturated carbocycles. The van der Waals surface area contributed by atoms with Crippen LogP contribution in [-0.4, -0.2) is 11.0 Å². The Hall–Kier alpha value is -2.79. The molecular formula is C23H22N4S. The van der Waals surface area contributed by atoms with E-state index in [4.69, 9.17) is 0 Å². The number of aromatic nitrogens is 1. The van der Waals surface area contributed by atoms with Gasteiger partial charge in [-0.2, -0.15) is 0 Å². The summed E-state index contributed by atoms with van der Waals surface area (Å²) < 4.78 is 1.13. The molecule has 1 aromatic heterocycles. The van der Waals surface area contributed by atoms with E-state index in [1.54, 1.807) is 11.3 Å². The molecule has 3 aromatic carbocycles. The number of fused-ring (bicyclic) bond motifs is 2. The molecule has 1 N–H and O–H groups in total. The first kappa shape index (κ1) is 17.3. The molecule has 0 saturated heterocycles. The van der Waals surface area contributed by atoms with E-state index in [1.165, 1.54) is 43.2 Å². The van der Waals surface area contributed by atoms with Crippen LogP contribution in [0.25, 0.3) is 21.0 Å². The highest BCUT2D eigenvalue weighted by atomic mass is 32.1. The molecule has 0 radical (unpaired) electrons. The first-order valence-corrected chi connectivity index (χ1v) is 10.8. The fraction of sp³-hybridized carbons (Fsp3) is 0.261. The van der Waals surface area contributed by atoms with Crippen LogP contribution in [0.15, 0.2) is 70.3 Å². The fourth-order valence-electron chi connectivity index (χ4n) is 4.02. The van der Waals surface area contributed by atoms with Crippen molar-refractivity contribution in [1.29, 1.82) is 0 Å². The molecule has 0 amide bonds. The number of hydrogen-bond acceptors (Lipinski definition) is 5. The van der Waals surface area contributed by atoms with Gasteiger partial charge in [-0.1, -0.05) is 49.6 Å². The lowest BCUT2D eigenvalue weighted by Gasteiger charge is -2.24.